The van der Waals surface area contributed by atoms with Crippen LogP contribution in [0.1, 0.15) is 11.5 Å². The van der Waals surface area contributed by atoms with E-state index in [2.05, 4.69) is 32.0 Å². The topological polar surface area (TPSA) is 35.0 Å². The summed E-state index contributed by atoms with van der Waals surface area (Å²) in [5.74, 6) is 1.38. The summed E-state index contributed by atoms with van der Waals surface area (Å²) in [6.45, 7) is 0.439. The van der Waals surface area contributed by atoms with Crippen molar-refractivity contribution in [2.75, 3.05) is 7.11 Å². The van der Waals surface area contributed by atoms with Crippen molar-refractivity contribution in [1.29, 1.82) is 0 Å². The first kappa shape index (κ1) is 14.8. The van der Waals surface area contributed by atoms with Gasteiger partial charge in [-0.1, -0.05) is 23.7 Å². The summed E-state index contributed by atoms with van der Waals surface area (Å²) < 4.78 is 6.13. The van der Waals surface area contributed by atoms with Gasteiger partial charge in [0.25, 0.3) is 0 Å². The van der Waals surface area contributed by atoms with Crippen LogP contribution in [0.4, 0.5) is 0 Å². The zero-order valence-corrected chi connectivity index (χ0v) is 13.4. The SMILES string of the molecule is COCc1cc(Cl)nc(CSc2ccccc2Br)n1. The van der Waals surface area contributed by atoms with E-state index in [1.165, 1.54) is 0 Å². The molecule has 1 aromatic carbocycles. The molecule has 1 aromatic heterocycles. The number of nitrogens with zero attached hydrogens (tertiary/aromatic N) is 2. The first-order valence-corrected chi connectivity index (χ1v) is 7.73. The zero-order chi connectivity index (χ0) is 13.7. The van der Waals surface area contributed by atoms with Crippen LogP contribution >= 0.6 is 39.3 Å². The highest BCUT2D eigenvalue weighted by atomic mass is 79.9. The van der Waals surface area contributed by atoms with Crippen LogP contribution in [0, 0.1) is 0 Å². The number of benzene rings is 1. The average molecular weight is 360 g/mol. The Morgan fingerprint density at radius 1 is 1.32 bits per heavy atom. The number of hydrogen-bond acceptors (Lipinski definition) is 4. The van der Waals surface area contributed by atoms with Gasteiger partial charge in [0.05, 0.1) is 18.1 Å². The highest BCUT2D eigenvalue weighted by Gasteiger charge is 2.06. The van der Waals surface area contributed by atoms with Crippen LogP contribution in [0.2, 0.25) is 5.15 Å². The van der Waals surface area contributed by atoms with Crippen molar-refractivity contribution in [2.45, 2.75) is 17.3 Å². The Balaban J connectivity index is 2.09. The summed E-state index contributed by atoms with van der Waals surface area (Å²) in [6, 6.07) is 9.77. The van der Waals surface area contributed by atoms with Crippen LogP contribution in [0.25, 0.3) is 0 Å². The Morgan fingerprint density at radius 2 is 2.11 bits per heavy atom. The summed E-state index contributed by atoms with van der Waals surface area (Å²) in [4.78, 5) is 9.79. The van der Waals surface area contributed by atoms with Crippen LogP contribution < -0.4 is 0 Å². The standard InChI is InChI=1S/C13H12BrClN2OS/c1-18-7-9-6-12(15)17-13(16-9)8-19-11-5-3-2-4-10(11)14/h2-6H,7-8H2,1H3. The van der Waals surface area contributed by atoms with E-state index < -0.39 is 0 Å². The summed E-state index contributed by atoms with van der Waals surface area (Å²) in [6.07, 6.45) is 0. The second-order valence-electron chi connectivity index (χ2n) is 3.75. The fraction of sp³-hybridized carbons (Fsp3) is 0.231. The van der Waals surface area contributed by atoms with Gasteiger partial charge in [-0.25, -0.2) is 9.97 Å². The number of hydrogen-bond donors (Lipinski definition) is 0. The average Bonchev–Trinajstić information content (AvgIpc) is 2.37. The maximum Gasteiger partial charge on any atom is 0.140 e. The van der Waals surface area contributed by atoms with Crippen molar-refractivity contribution in [3.63, 3.8) is 0 Å². The van der Waals surface area contributed by atoms with Crippen molar-refractivity contribution < 1.29 is 4.74 Å². The first-order valence-electron chi connectivity index (χ1n) is 5.57. The van der Waals surface area contributed by atoms with Crippen molar-refractivity contribution in [3.8, 4) is 0 Å². The quantitative estimate of drug-likeness (QED) is 0.588. The van der Waals surface area contributed by atoms with E-state index in [0.29, 0.717) is 23.3 Å². The van der Waals surface area contributed by atoms with Crippen molar-refractivity contribution in [2.24, 2.45) is 0 Å². The molecule has 0 saturated heterocycles. The summed E-state index contributed by atoms with van der Waals surface area (Å²) in [5, 5.41) is 0.449. The van der Waals surface area contributed by atoms with E-state index in [-0.39, 0.29) is 0 Å². The van der Waals surface area contributed by atoms with Crippen molar-refractivity contribution >= 4 is 39.3 Å². The van der Waals surface area contributed by atoms with Crippen LogP contribution in [0.15, 0.2) is 39.7 Å². The largest absolute Gasteiger partial charge is 0.378 e. The predicted molar refractivity (Wildman–Crippen MR) is 81.5 cm³/mol. The number of thioether (sulfide) groups is 1. The van der Waals surface area contributed by atoms with Crippen LogP contribution in [0.3, 0.4) is 0 Å². The van der Waals surface area contributed by atoms with E-state index in [0.717, 1.165) is 15.1 Å². The maximum atomic E-state index is 5.97. The first-order chi connectivity index (χ1) is 9.19. The van der Waals surface area contributed by atoms with Gasteiger partial charge < -0.3 is 4.74 Å². The molecule has 0 saturated carbocycles. The zero-order valence-electron chi connectivity index (χ0n) is 10.3. The molecule has 0 unspecified atom stereocenters. The van der Waals surface area contributed by atoms with E-state index in [1.54, 1.807) is 24.9 Å². The molecule has 0 radical (unpaired) electrons. The van der Waals surface area contributed by atoms with Gasteiger partial charge in [-0.15, -0.1) is 11.8 Å². The van der Waals surface area contributed by atoms with Gasteiger partial charge in [-0.05, 0) is 34.1 Å². The molecule has 19 heavy (non-hydrogen) atoms. The highest BCUT2D eigenvalue weighted by Crippen LogP contribution is 2.29. The second kappa shape index (κ2) is 7.24. The molecule has 0 spiro atoms. The molecule has 0 amide bonds. The molecular weight excluding hydrogens is 348 g/mol. The molecule has 2 rings (SSSR count). The molecule has 6 heteroatoms. The Kier molecular flexibility index (Phi) is 5.63. The lowest BCUT2D eigenvalue weighted by molar-refractivity contribution is 0.181. The van der Waals surface area contributed by atoms with Crippen LogP contribution in [-0.4, -0.2) is 17.1 Å². The molecule has 3 nitrogen and oxygen atoms in total. The molecule has 0 aliphatic carbocycles. The molecule has 0 aliphatic rings. The van der Waals surface area contributed by atoms with E-state index >= 15 is 0 Å². The van der Waals surface area contributed by atoms with Crippen molar-refractivity contribution in [3.05, 3.63) is 51.5 Å². The van der Waals surface area contributed by atoms with Gasteiger partial charge in [-0.2, -0.15) is 0 Å². The van der Waals surface area contributed by atoms with Gasteiger partial charge >= 0.3 is 0 Å². The Morgan fingerprint density at radius 3 is 2.84 bits per heavy atom. The predicted octanol–water partition coefficient (Wildman–Crippen LogP) is 4.33. The number of halogens is 2. The summed E-state index contributed by atoms with van der Waals surface area (Å²) in [7, 11) is 1.63. The molecule has 0 fully saturated rings. The Labute approximate surface area is 129 Å². The van der Waals surface area contributed by atoms with E-state index in [1.807, 2.05) is 18.2 Å². The van der Waals surface area contributed by atoms with Crippen molar-refractivity contribution in [1.82, 2.24) is 9.97 Å². The smallest absolute Gasteiger partial charge is 0.140 e. The molecule has 0 aliphatic heterocycles. The maximum absolute atomic E-state index is 5.97. The normalized spacial score (nSPS) is 10.7. The Hall–Kier alpha value is -0.620. The minimum atomic E-state index is 0.439. The minimum Gasteiger partial charge on any atom is -0.378 e. The third kappa shape index (κ3) is 4.45. The van der Waals surface area contributed by atoms with Gasteiger partial charge in [0, 0.05) is 16.5 Å². The van der Waals surface area contributed by atoms with Gasteiger partial charge in [0.15, 0.2) is 0 Å². The second-order valence-corrected chi connectivity index (χ2v) is 6.01. The fourth-order valence-electron chi connectivity index (χ4n) is 1.51. The number of aromatic nitrogens is 2. The minimum absolute atomic E-state index is 0.439. The van der Waals surface area contributed by atoms with Crippen LogP contribution in [0.5, 0.6) is 0 Å². The molecule has 2 aromatic rings. The monoisotopic (exact) mass is 358 g/mol. The molecule has 0 atom stereocenters. The van der Waals surface area contributed by atoms with Gasteiger partial charge in [-0.3, -0.25) is 0 Å². The van der Waals surface area contributed by atoms with E-state index in [4.69, 9.17) is 16.3 Å². The van der Waals surface area contributed by atoms with Crippen LogP contribution in [-0.2, 0) is 17.1 Å². The van der Waals surface area contributed by atoms with Gasteiger partial charge in [0.1, 0.15) is 11.0 Å². The third-order valence-corrected chi connectivity index (χ3v) is 4.50. The lowest BCUT2D eigenvalue weighted by Gasteiger charge is -2.06. The lowest BCUT2D eigenvalue weighted by Crippen LogP contribution is -1.99. The molecular formula is C13H12BrClN2OS. The number of rotatable bonds is 5. The van der Waals surface area contributed by atoms with Gasteiger partial charge in [0.2, 0.25) is 0 Å². The third-order valence-electron chi connectivity index (χ3n) is 2.28. The molecule has 0 bridgehead atoms. The molecule has 1 heterocycles. The Bertz CT molecular complexity index is 568. The highest BCUT2D eigenvalue weighted by molar-refractivity contribution is 9.10. The molecule has 100 valence electrons. The van der Waals surface area contributed by atoms with E-state index in [9.17, 15) is 0 Å². The lowest BCUT2D eigenvalue weighted by atomic mass is 10.4. The number of ether oxygens (including phenoxy) is 1. The summed E-state index contributed by atoms with van der Waals surface area (Å²) in [5.41, 5.74) is 0.797. The number of methoxy groups -OCH3 is 1. The fourth-order valence-corrected chi connectivity index (χ4v) is 3.15. The molecule has 0 N–H and O–H groups in total. The summed E-state index contributed by atoms with van der Waals surface area (Å²) >= 11 is 11.2.